The Morgan fingerprint density at radius 1 is 0.957 bits per heavy atom. The molecular formula is C36H38N2O8. The lowest BCUT2D eigenvalue weighted by atomic mass is 9.96. The maximum absolute atomic E-state index is 14.2. The van der Waals surface area contributed by atoms with E-state index in [2.05, 4.69) is 30.6 Å². The molecule has 0 fully saturated rings. The number of aliphatic hydroxyl groups is 1. The molecule has 3 aromatic rings. The summed E-state index contributed by atoms with van der Waals surface area (Å²) < 4.78 is 22.9. The summed E-state index contributed by atoms with van der Waals surface area (Å²) in [5.74, 6) is -0.268. The summed E-state index contributed by atoms with van der Waals surface area (Å²) in [5, 5.41) is 12.1. The van der Waals surface area contributed by atoms with Gasteiger partial charge in [0.1, 0.15) is 31.1 Å². The lowest BCUT2D eigenvalue weighted by Crippen LogP contribution is -2.52. The van der Waals surface area contributed by atoms with Gasteiger partial charge < -0.3 is 29.4 Å². The van der Waals surface area contributed by atoms with E-state index < -0.39 is 36.3 Å². The van der Waals surface area contributed by atoms with Crippen molar-refractivity contribution in [3.05, 3.63) is 109 Å². The number of benzene rings is 3. The fourth-order valence-corrected chi connectivity index (χ4v) is 6.20. The molecule has 0 spiro atoms. The maximum Gasteiger partial charge on any atom is 0.414 e. The number of hydrogen-bond donors (Lipinski definition) is 2. The molecule has 5 rings (SSSR count). The van der Waals surface area contributed by atoms with Crippen molar-refractivity contribution in [2.75, 3.05) is 31.3 Å². The standard InChI is InChI=1S/C36H38N2O8/c1-4-11-32(46-23(3)40)34-33(37-35(41)44-19-5-2)29-21-24(43-20-10-18-39)16-17-31(29)38(34)36(42)45-22-30-27-14-8-6-12-25(27)26-13-7-9-15-28(26)30/h4-9,12-17,21,30,32-34,39H,1-2,10-11,18-20,22H2,3H3,(H,37,41)/t32?,33-,34+/m0/s1. The highest BCUT2D eigenvalue weighted by Gasteiger charge is 2.49. The Balaban J connectivity index is 1.52. The van der Waals surface area contributed by atoms with Crippen LogP contribution in [0.1, 0.15) is 48.4 Å². The summed E-state index contributed by atoms with van der Waals surface area (Å²) in [4.78, 5) is 40.8. The minimum absolute atomic E-state index is 0.0312. The fourth-order valence-electron chi connectivity index (χ4n) is 6.20. The number of rotatable bonds is 13. The van der Waals surface area contributed by atoms with Gasteiger partial charge >= 0.3 is 18.2 Å². The SMILES string of the molecule is C=CCOC(=O)N[C@H]1c2cc(OCCCO)ccc2N(C(=O)OCC2c3ccccc3-c3ccccc32)[C@@H]1C(CC=C)OC(C)=O. The van der Waals surface area contributed by atoms with Gasteiger partial charge in [0.05, 0.1) is 18.3 Å². The molecule has 10 heteroatoms. The molecule has 0 bridgehead atoms. The average molecular weight is 627 g/mol. The van der Waals surface area contributed by atoms with Crippen LogP contribution in [0.4, 0.5) is 15.3 Å². The summed E-state index contributed by atoms with van der Waals surface area (Å²) >= 11 is 0. The van der Waals surface area contributed by atoms with E-state index in [-0.39, 0.29) is 38.8 Å². The Bertz CT molecular complexity index is 1560. The van der Waals surface area contributed by atoms with E-state index in [1.54, 1.807) is 24.3 Å². The summed E-state index contributed by atoms with van der Waals surface area (Å²) in [6.45, 7) is 8.95. The zero-order valence-corrected chi connectivity index (χ0v) is 25.7. The van der Waals surface area contributed by atoms with Crippen molar-refractivity contribution >= 4 is 23.8 Å². The fraction of sp³-hybridized carbons (Fsp3) is 0.306. The van der Waals surface area contributed by atoms with Crippen LogP contribution in [0, 0.1) is 0 Å². The Morgan fingerprint density at radius 2 is 1.65 bits per heavy atom. The lowest BCUT2D eigenvalue weighted by molar-refractivity contribution is -0.147. The van der Waals surface area contributed by atoms with E-state index in [1.165, 1.54) is 17.9 Å². The molecular weight excluding hydrogens is 588 g/mol. The Labute approximate surface area is 268 Å². The monoisotopic (exact) mass is 626 g/mol. The second-order valence-electron chi connectivity index (χ2n) is 11.0. The number of ether oxygens (including phenoxy) is 4. The molecule has 2 N–H and O–H groups in total. The highest BCUT2D eigenvalue weighted by molar-refractivity contribution is 5.93. The molecule has 10 nitrogen and oxygen atoms in total. The number of carbonyl (C=O) groups excluding carboxylic acids is 3. The molecule has 2 aliphatic rings. The molecule has 240 valence electrons. The van der Waals surface area contributed by atoms with Gasteiger partial charge in [0.2, 0.25) is 0 Å². The minimum Gasteiger partial charge on any atom is -0.493 e. The first kappa shape index (κ1) is 32.3. The van der Waals surface area contributed by atoms with Crippen LogP contribution >= 0.6 is 0 Å². The van der Waals surface area contributed by atoms with Crippen LogP contribution in [0.2, 0.25) is 0 Å². The van der Waals surface area contributed by atoms with E-state index in [0.717, 1.165) is 22.3 Å². The van der Waals surface area contributed by atoms with Gasteiger partial charge in [-0.25, -0.2) is 9.59 Å². The number of alkyl carbamates (subject to hydrolysis) is 1. The average Bonchev–Trinajstić information content (AvgIpc) is 3.54. The normalized spacial score (nSPS) is 16.8. The van der Waals surface area contributed by atoms with Crippen molar-refractivity contribution < 1.29 is 38.4 Å². The van der Waals surface area contributed by atoms with Gasteiger partial charge in [-0.2, -0.15) is 0 Å². The van der Waals surface area contributed by atoms with Crippen LogP contribution < -0.4 is 15.0 Å². The van der Waals surface area contributed by atoms with Gasteiger partial charge in [-0.15, -0.1) is 6.58 Å². The highest BCUT2D eigenvalue weighted by Crippen LogP contribution is 2.46. The predicted octanol–water partition coefficient (Wildman–Crippen LogP) is 6.05. The predicted molar refractivity (Wildman–Crippen MR) is 173 cm³/mol. The Kier molecular flexibility index (Phi) is 10.4. The van der Waals surface area contributed by atoms with Gasteiger partial charge in [0.15, 0.2) is 0 Å². The van der Waals surface area contributed by atoms with E-state index in [0.29, 0.717) is 23.4 Å². The first-order chi connectivity index (χ1) is 22.4. The highest BCUT2D eigenvalue weighted by atomic mass is 16.6. The Morgan fingerprint density at radius 3 is 2.28 bits per heavy atom. The van der Waals surface area contributed by atoms with Crippen LogP contribution in [0.25, 0.3) is 11.1 Å². The van der Waals surface area contributed by atoms with Crippen LogP contribution in [0.5, 0.6) is 5.75 Å². The summed E-state index contributed by atoms with van der Waals surface area (Å²) in [6.07, 6.45) is 1.32. The number of hydrogen-bond acceptors (Lipinski definition) is 8. The quantitative estimate of drug-likeness (QED) is 0.102. The molecule has 1 aliphatic carbocycles. The second-order valence-corrected chi connectivity index (χ2v) is 11.0. The first-order valence-electron chi connectivity index (χ1n) is 15.2. The number of esters is 1. The zero-order valence-electron chi connectivity index (χ0n) is 25.7. The molecule has 3 atom stereocenters. The summed E-state index contributed by atoms with van der Waals surface area (Å²) in [5.41, 5.74) is 5.31. The lowest BCUT2D eigenvalue weighted by Gasteiger charge is -2.34. The topological polar surface area (TPSA) is 124 Å². The zero-order chi connectivity index (χ0) is 32.6. The maximum atomic E-state index is 14.2. The van der Waals surface area contributed by atoms with Gasteiger partial charge in [-0.05, 0) is 40.5 Å². The number of nitrogens with zero attached hydrogens (tertiary/aromatic N) is 1. The molecule has 0 saturated carbocycles. The van der Waals surface area contributed by atoms with Crippen LogP contribution in [0.3, 0.4) is 0 Å². The molecule has 46 heavy (non-hydrogen) atoms. The molecule has 0 radical (unpaired) electrons. The van der Waals surface area contributed by atoms with Crippen LogP contribution in [-0.2, 0) is 19.0 Å². The van der Waals surface area contributed by atoms with Gasteiger partial charge in [0, 0.05) is 37.9 Å². The van der Waals surface area contributed by atoms with Crippen LogP contribution in [-0.4, -0.2) is 61.8 Å². The third-order valence-electron chi connectivity index (χ3n) is 8.04. The molecule has 1 aliphatic heterocycles. The number of aliphatic hydroxyl groups excluding tert-OH is 1. The number of carbonyl (C=O) groups is 3. The molecule has 0 saturated heterocycles. The largest absolute Gasteiger partial charge is 0.493 e. The summed E-state index contributed by atoms with van der Waals surface area (Å²) in [6, 6.07) is 19.4. The van der Waals surface area contributed by atoms with Gasteiger partial charge in [0.25, 0.3) is 0 Å². The van der Waals surface area contributed by atoms with Crippen molar-refractivity contribution in [3.63, 3.8) is 0 Å². The second kappa shape index (κ2) is 14.8. The third kappa shape index (κ3) is 6.77. The van der Waals surface area contributed by atoms with Crippen molar-refractivity contribution in [2.45, 2.75) is 43.9 Å². The van der Waals surface area contributed by atoms with Crippen molar-refractivity contribution in [1.82, 2.24) is 5.32 Å². The molecule has 3 aromatic carbocycles. The number of nitrogens with one attached hydrogen (secondary N) is 1. The number of fused-ring (bicyclic) bond motifs is 4. The smallest absolute Gasteiger partial charge is 0.414 e. The van der Waals surface area contributed by atoms with E-state index >= 15 is 0 Å². The number of anilines is 1. The van der Waals surface area contributed by atoms with Crippen molar-refractivity contribution in [3.8, 4) is 16.9 Å². The van der Waals surface area contributed by atoms with Crippen LogP contribution in [0.15, 0.2) is 92.0 Å². The molecule has 0 aromatic heterocycles. The third-order valence-corrected chi connectivity index (χ3v) is 8.04. The van der Waals surface area contributed by atoms with Crippen molar-refractivity contribution in [1.29, 1.82) is 0 Å². The first-order valence-corrected chi connectivity index (χ1v) is 15.2. The van der Waals surface area contributed by atoms with E-state index in [9.17, 15) is 19.5 Å². The van der Waals surface area contributed by atoms with E-state index in [4.69, 9.17) is 18.9 Å². The molecule has 1 heterocycles. The molecule has 1 unspecified atom stereocenters. The molecule has 2 amide bonds. The Hall–Kier alpha value is -5.09. The van der Waals surface area contributed by atoms with Crippen molar-refractivity contribution in [2.24, 2.45) is 0 Å². The van der Waals surface area contributed by atoms with Gasteiger partial charge in [-0.1, -0.05) is 67.3 Å². The van der Waals surface area contributed by atoms with E-state index in [1.807, 2.05) is 36.4 Å². The van der Waals surface area contributed by atoms with Gasteiger partial charge in [-0.3, -0.25) is 9.69 Å². The minimum atomic E-state index is -0.920. The number of amides is 2. The summed E-state index contributed by atoms with van der Waals surface area (Å²) in [7, 11) is 0.